The number of nitrogens with one attached hydrogen (secondary N) is 1. The molecular formula is C15H20N2O4. The third-order valence-electron chi connectivity index (χ3n) is 3.33. The minimum absolute atomic E-state index is 0.123. The van der Waals surface area contributed by atoms with Gasteiger partial charge in [-0.2, -0.15) is 0 Å². The molecule has 0 aliphatic carbocycles. The largest absolute Gasteiger partial charge is 0.456 e. The minimum atomic E-state index is -0.456. The summed E-state index contributed by atoms with van der Waals surface area (Å²) < 4.78 is 10.6. The molecule has 0 aromatic carbocycles. The van der Waals surface area contributed by atoms with E-state index in [-0.39, 0.29) is 18.0 Å². The van der Waals surface area contributed by atoms with Crippen LogP contribution in [0.15, 0.2) is 18.3 Å². The maximum Gasteiger partial charge on any atom is 0.303 e. The molecule has 1 fully saturated rings. The SMILES string of the molecule is CC(=O)OC(C)c1cc(NC(=O)[C@H]2CC[C@@H](C)O2)ccn1. The lowest BCUT2D eigenvalue weighted by atomic mass is 10.2. The summed E-state index contributed by atoms with van der Waals surface area (Å²) in [6, 6.07) is 3.39. The molecule has 1 N–H and O–H groups in total. The predicted octanol–water partition coefficient (Wildman–Crippen LogP) is 2.21. The van der Waals surface area contributed by atoms with Gasteiger partial charge in [0.15, 0.2) is 0 Å². The van der Waals surface area contributed by atoms with Crippen molar-refractivity contribution < 1.29 is 19.1 Å². The lowest BCUT2D eigenvalue weighted by molar-refractivity contribution is -0.146. The fourth-order valence-electron chi connectivity index (χ4n) is 2.28. The summed E-state index contributed by atoms with van der Waals surface area (Å²) in [6.07, 6.45) is 2.46. The van der Waals surface area contributed by atoms with Gasteiger partial charge in [0.25, 0.3) is 5.91 Å². The molecule has 3 atom stereocenters. The molecule has 21 heavy (non-hydrogen) atoms. The highest BCUT2D eigenvalue weighted by Crippen LogP contribution is 2.22. The third kappa shape index (κ3) is 4.26. The van der Waals surface area contributed by atoms with E-state index < -0.39 is 12.2 Å². The molecule has 1 aliphatic heterocycles. The van der Waals surface area contributed by atoms with E-state index in [1.54, 1.807) is 25.3 Å². The lowest BCUT2D eigenvalue weighted by Crippen LogP contribution is -2.27. The number of ether oxygens (including phenoxy) is 2. The Morgan fingerprint density at radius 3 is 2.86 bits per heavy atom. The maximum atomic E-state index is 12.1. The number of anilines is 1. The van der Waals surface area contributed by atoms with Crippen molar-refractivity contribution in [3.8, 4) is 0 Å². The first-order valence-electron chi connectivity index (χ1n) is 7.05. The summed E-state index contributed by atoms with van der Waals surface area (Å²) >= 11 is 0. The quantitative estimate of drug-likeness (QED) is 0.861. The van der Waals surface area contributed by atoms with Crippen molar-refractivity contribution in [3.05, 3.63) is 24.0 Å². The van der Waals surface area contributed by atoms with Gasteiger partial charge < -0.3 is 14.8 Å². The van der Waals surface area contributed by atoms with E-state index in [0.29, 0.717) is 11.4 Å². The average Bonchev–Trinajstić information content (AvgIpc) is 2.85. The van der Waals surface area contributed by atoms with Crippen LogP contribution >= 0.6 is 0 Å². The van der Waals surface area contributed by atoms with E-state index in [9.17, 15) is 9.59 Å². The second-order valence-corrected chi connectivity index (χ2v) is 5.22. The van der Waals surface area contributed by atoms with E-state index in [0.717, 1.165) is 12.8 Å². The van der Waals surface area contributed by atoms with Crippen LogP contribution in [0.3, 0.4) is 0 Å². The Balaban J connectivity index is 2.00. The molecule has 6 nitrogen and oxygen atoms in total. The van der Waals surface area contributed by atoms with Gasteiger partial charge in [-0.3, -0.25) is 14.6 Å². The second-order valence-electron chi connectivity index (χ2n) is 5.22. The molecule has 1 amide bonds. The van der Waals surface area contributed by atoms with Crippen LogP contribution in [0.1, 0.15) is 45.4 Å². The summed E-state index contributed by atoms with van der Waals surface area (Å²) in [5, 5.41) is 2.81. The molecule has 6 heteroatoms. The van der Waals surface area contributed by atoms with Gasteiger partial charge in [0.1, 0.15) is 12.2 Å². The molecule has 0 bridgehead atoms. The van der Waals surface area contributed by atoms with Gasteiger partial charge >= 0.3 is 5.97 Å². The molecule has 114 valence electrons. The van der Waals surface area contributed by atoms with E-state index in [1.807, 2.05) is 6.92 Å². The Bertz CT molecular complexity index is 532. The number of aromatic nitrogens is 1. The first-order valence-corrected chi connectivity index (χ1v) is 7.05. The summed E-state index contributed by atoms with van der Waals surface area (Å²) in [7, 11) is 0. The highest BCUT2D eigenvalue weighted by Gasteiger charge is 2.28. The second kappa shape index (κ2) is 6.67. The Labute approximate surface area is 123 Å². The number of rotatable bonds is 4. The molecule has 1 aromatic heterocycles. The van der Waals surface area contributed by atoms with E-state index in [1.165, 1.54) is 6.92 Å². The van der Waals surface area contributed by atoms with Crippen molar-refractivity contribution >= 4 is 17.6 Å². The predicted molar refractivity (Wildman–Crippen MR) is 76.6 cm³/mol. The van der Waals surface area contributed by atoms with Crippen molar-refractivity contribution in [1.29, 1.82) is 0 Å². The smallest absolute Gasteiger partial charge is 0.303 e. The molecular weight excluding hydrogens is 272 g/mol. The van der Waals surface area contributed by atoms with Crippen LogP contribution in [-0.2, 0) is 19.1 Å². The Hall–Kier alpha value is -1.95. The first-order chi connectivity index (χ1) is 9.95. The van der Waals surface area contributed by atoms with Gasteiger partial charge in [0.05, 0.1) is 11.8 Å². The van der Waals surface area contributed by atoms with E-state index in [2.05, 4.69) is 10.3 Å². The standard InChI is InChI=1S/C15H20N2O4/c1-9-4-5-14(20-9)15(19)17-12-6-7-16-13(8-12)10(2)21-11(3)18/h6-10,14H,4-5H2,1-3H3,(H,16,17,19)/t9-,10?,14-/m1/s1. The van der Waals surface area contributed by atoms with Gasteiger partial charge in [-0.05, 0) is 38.8 Å². The summed E-state index contributed by atoms with van der Waals surface area (Å²) in [4.78, 5) is 27.2. The van der Waals surface area contributed by atoms with Crippen LogP contribution in [0.2, 0.25) is 0 Å². The van der Waals surface area contributed by atoms with Crippen LogP contribution in [0.5, 0.6) is 0 Å². The van der Waals surface area contributed by atoms with Gasteiger partial charge in [-0.25, -0.2) is 0 Å². The summed E-state index contributed by atoms with van der Waals surface area (Å²) in [5.41, 5.74) is 1.20. The monoisotopic (exact) mass is 292 g/mol. The molecule has 1 unspecified atom stereocenters. The van der Waals surface area contributed by atoms with Crippen LogP contribution in [0.4, 0.5) is 5.69 Å². The van der Waals surface area contributed by atoms with Crippen molar-refractivity contribution in [3.63, 3.8) is 0 Å². The number of pyridine rings is 1. The van der Waals surface area contributed by atoms with Gasteiger partial charge in [-0.1, -0.05) is 0 Å². The molecule has 2 rings (SSSR count). The number of hydrogen-bond acceptors (Lipinski definition) is 5. The number of nitrogens with zero attached hydrogens (tertiary/aromatic N) is 1. The summed E-state index contributed by atoms with van der Waals surface area (Å²) in [5.74, 6) is -0.524. The minimum Gasteiger partial charge on any atom is -0.456 e. The van der Waals surface area contributed by atoms with Gasteiger partial charge in [0.2, 0.25) is 0 Å². The molecule has 0 saturated carbocycles. The number of amides is 1. The van der Waals surface area contributed by atoms with Crippen molar-refractivity contribution in [2.24, 2.45) is 0 Å². The van der Waals surface area contributed by atoms with Gasteiger partial charge in [0, 0.05) is 18.8 Å². The number of carbonyl (C=O) groups excluding carboxylic acids is 2. The highest BCUT2D eigenvalue weighted by molar-refractivity contribution is 5.94. The summed E-state index contributed by atoms with van der Waals surface area (Å²) in [6.45, 7) is 5.04. The third-order valence-corrected chi connectivity index (χ3v) is 3.33. The maximum absolute atomic E-state index is 12.1. The number of carbonyl (C=O) groups is 2. The normalized spacial score (nSPS) is 22.6. The van der Waals surface area contributed by atoms with E-state index in [4.69, 9.17) is 9.47 Å². The number of hydrogen-bond donors (Lipinski definition) is 1. The molecule has 1 saturated heterocycles. The lowest BCUT2D eigenvalue weighted by Gasteiger charge is -2.14. The van der Waals surface area contributed by atoms with Crippen molar-refractivity contribution in [2.45, 2.75) is 51.9 Å². The molecule has 1 aliphatic rings. The molecule has 1 aromatic rings. The van der Waals surface area contributed by atoms with Crippen LogP contribution in [0, 0.1) is 0 Å². The van der Waals surface area contributed by atoms with Crippen LogP contribution < -0.4 is 5.32 Å². The molecule has 2 heterocycles. The van der Waals surface area contributed by atoms with Crippen LogP contribution in [0.25, 0.3) is 0 Å². The van der Waals surface area contributed by atoms with Crippen LogP contribution in [-0.4, -0.2) is 29.1 Å². The van der Waals surface area contributed by atoms with Crippen molar-refractivity contribution in [2.75, 3.05) is 5.32 Å². The Morgan fingerprint density at radius 2 is 2.24 bits per heavy atom. The zero-order chi connectivity index (χ0) is 15.4. The molecule has 0 radical (unpaired) electrons. The highest BCUT2D eigenvalue weighted by atomic mass is 16.5. The Morgan fingerprint density at radius 1 is 1.48 bits per heavy atom. The fraction of sp³-hybridized carbons (Fsp3) is 0.533. The van der Waals surface area contributed by atoms with Gasteiger partial charge in [-0.15, -0.1) is 0 Å². The zero-order valence-corrected chi connectivity index (χ0v) is 12.5. The average molecular weight is 292 g/mol. The number of esters is 1. The van der Waals surface area contributed by atoms with Crippen molar-refractivity contribution in [1.82, 2.24) is 4.98 Å². The Kier molecular flexibility index (Phi) is 4.90. The molecule has 0 spiro atoms. The zero-order valence-electron chi connectivity index (χ0n) is 12.5. The van der Waals surface area contributed by atoms with E-state index >= 15 is 0 Å². The first kappa shape index (κ1) is 15.4. The fourth-order valence-corrected chi connectivity index (χ4v) is 2.28. The topological polar surface area (TPSA) is 77.5 Å².